The Kier molecular flexibility index (Phi) is 3.60. The maximum atomic E-state index is 8.96. The minimum Gasteiger partial charge on any atom is -0.496 e. The van der Waals surface area contributed by atoms with Gasteiger partial charge in [0.25, 0.3) is 0 Å². The lowest BCUT2D eigenvalue weighted by Crippen LogP contribution is -2.00. The van der Waals surface area contributed by atoms with Crippen molar-refractivity contribution < 1.29 is 9.84 Å². The normalized spacial score (nSPS) is 10.1. The largest absolute Gasteiger partial charge is 0.496 e. The summed E-state index contributed by atoms with van der Waals surface area (Å²) in [6, 6.07) is 7.38. The second-order valence-electron chi connectivity index (χ2n) is 3.83. The van der Waals surface area contributed by atoms with Crippen LogP contribution in [0.5, 0.6) is 5.75 Å². The maximum Gasteiger partial charge on any atom is 0.123 e. The van der Waals surface area contributed by atoms with E-state index in [1.165, 1.54) is 0 Å². The quantitative estimate of drug-likeness (QED) is 0.878. The van der Waals surface area contributed by atoms with Gasteiger partial charge in [0.1, 0.15) is 5.75 Å². The summed E-state index contributed by atoms with van der Waals surface area (Å²) in [5.74, 6) is 0.730. The standard InChI is InChI=1S/C13H13N3O2/c1-18-13-3-2-10(5-14)4-11(13)6-16-7-12(8-17)15-9-16/h2-4,7,9,17H,6,8H2,1H3. The molecule has 0 fully saturated rings. The van der Waals surface area contributed by atoms with E-state index >= 15 is 0 Å². The molecule has 92 valence electrons. The van der Waals surface area contributed by atoms with Crippen LogP contribution in [-0.4, -0.2) is 21.8 Å². The first-order valence-corrected chi connectivity index (χ1v) is 5.45. The predicted octanol–water partition coefficient (Wildman–Crippen LogP) is 1.30. The molecule has 0 amide bonds. The summed E-state index contributed by atoms with van der Waals surface area (Å²) in [6.45, 7) is 0.466. The molecule has 0 saturated carbocycles. The van der Waals surface area contributed by atoms with Crippen molar-refractivity contribution in [3.8, 4) is 11.8 Å². The lowest BCUT2D eigenvalue weighted by molar-refractivity contribution is 0.277. The number of ether oxygens (including phenoxy) is 1. The first kappa shape index (κ1) is 12.1. The molecule has 2 rings (SSSR count). The van der Waals surface area contributed by atoms with Gasteiger partial charge in [0.05, 0.1) is 43.9 Å². The van der Waals surface area contributed by atoms with Gasteiger partial charge in [0, 0.05) is 11.8 Å². The van der Waals surface area contributed by atoms with Gasteiger partial charge >= 0.3 is 0 Å². The Morgan fingerprint density at radius 2 is 2.33 bits per heavy atom. The number of nitrogens with zero attached hydrogens (tertiary/aromatic N) is 3. The Hall–Kier alpha value is -2.32. The Labute approximate surface area is 105 Å². The van der Waals surface area contributed by atoms with Crippen LogP contribution in [0.25, 0.3) is 0 Å². The second kappa shape index (κ2) is 5.34. The van der Waals surface area contributed by atoms with Crippen molar-refractivity contribution in [2.45, 2.75) is 13.2 Å². The van der Waals surface area contributed by atoms with Crippen molar-refractivity contribution in [1.29, 1.82) is 5.26 Å². The summed E-state index contributed by atoms with van der Waals surface area (Å²) in [4.78, 5) is 4.04. The van der Waals surface area contributed by atoms with E-state index in [2.05, 4.69) is 11.1 Å². The van der Waals surface area contributed by atoms with Gasteiger partial charge in [-0.15, -0.1) is 0 Å². The molecule has 5 nitrogen and oxygen atoms in total. The van der Waals surface area contributed by atoms with Gasteiger partial charge in [-0.25, -0.2) is 4.98 Å². The van der Waals surface area contributed by atoms with Crippen LogP contribution in [0.1, 0.15) is 16.8 Å². The Balaban J connectivity index is 2.29. The lowest BCUT2D eigenvalue weighted by Gasteiger charge is -2.09. The van der Waals surface area contributed by atoms with Crippen molar-refractivity contribution >= 4 is 0 Å². The van der Waals surface area contributed by atoms with E-state index in [0.29, 0.717) is 17.8 Å². The highest BCUT2D eigenvalue weighted by Gasteiger charge is 2.06. The molecule has 1 aromatic heterocycles. The van der Waals surface area contributed by atoms with Gasteiger partial charge in [0.2, 0.25) is 0 Å². The van der Waals surface area contributed by atoms with E-state index in [-0.39, 0.29) is 6.61 Å². The molecule has 1 heterocycles. The van der Waals surface area contributed by atoms with Crippen molar-refractivity contribution in [2.24, 2.45) is 0 Å². The molecule has 0 spiro atoms. The van der Waals surface area contributed by atoms with E-state index in [9.17, 15) is 0 Å². The SMILES string of the molecule is COc1ccc(C#N)cc1Cn1cnc(CO)c1. The van der Waals surface area contributed by atoms with Crippen molar-refractivity contribution in [3.63, 3.8) is 0 Å². The molecule has 1 N–H and O–H groups in total. The average Bonchev–Trinajstić information content (AvgIpc) is 2.86. The Morgan fingerprint density at radius 1 is 1.50 bits per heavy atom. The van der Waals surface area contributed by atoms with E-state index in [1.54, 1.807) is 37.8 Å². The van der Waals surface area contributed by atoms with Gasteiger partial charge < -0.3 is 14.4 Å². The number of aliphatic hydroxyl groups excluding tert-OH is 1. The highest BCUT2D eigenvalue weighted by molar-refractivity contribution is 5.42. The third-order valence-electron chi connectivity index (χ3n) is 2.61. The van der Waals surface area contributed by atoms with Gasteiger partial charge in [-0.2, -0.15) is 5.26 Å². The van der Waals surface area contributed by atoms with E-state index in [1.807, 2.05) is 4.57 Å². The number of aromatic nitrogens is 2. The number of hydrogen-bond acceptors (Lipinski definition) is 4. The fourth-order valence-corrected chi connectivity index (χ4v) is 1.74. The minimum absolute atomic E-state index is 0.0810. The van der Waals surface area contributed by atoms with E-state index in [4.69, 9.17) is 15.1 Å². The molecule has 1 aromatic carbocycles. The molecule has 0 aliphatic carbocycles. The van der Waals surface area contributed by atoms with Crippen LogP contribution in [0.2, 0.25) is 0 Å². The zero-order valence-corrected chi connectivity index (χ0v) is 10.00. The van der Waals surface area contributed by atoms with Crippen LogP contribution in [0, 0.1) is 11.3 Å². The zero-order chi connectivity index (χ0) is 13.0. The smallest absolute Gasteiger partial charge is 0.123 e. The molecule has 0 unspecified atom stereocenters. The van der Waals surface area contributed by atoms with Crippen LogP contribution in [-0.2, 0) is 13.2 Å². The molecular formula is C13H13N3O2. The van der Waals surface area contributed by atoms with Crippen LogP contribution < -0.4 is 4.74 Å². The topological polar surface area (TPSA) is 71.1 Å². The number of methoxy groups -OCH3 is 1. The number of benzene rings is 1. The van der Waals surface area contributed by atoms with Gasteiger partial charge in [0.15, 0.2) is 0 Å². The third-order valence-corrected chi connectivity index (χ3v) is 2.61. The van der Waals surface area contributed by atoms with E-state index in [0.717, 1.165) is 11.3 Å². The summed E-state index contributed by atoms with van der Waals surface area (Å²) in [5, 5.41) is 17.8. The van der Waals surface area contributed by atoms with Crippen LogP contribution in [0.3, 0.4) is 0 Å². The highest BCUT2D eigenvalue weighted by atomic mass is 16.5. The van der Waals surface area contributed by atoms with Crippen LogP contribution in [0.15, 0.2) is 30.7 Å². The third kappa shape index (κ3) is 2.50. The first-order valence-electron chi connectivity index (χ1n) is 5.45. The Bertz CT molecular complexity index is 584. The summed E-state index contributed by atoms with van der Waals surface area (Å²) in [7, 11) is 1.60. The predicted molar refractivity (Wildman–Crippen MR) is 65.0 cm³/mol. The highest BCUT2D eigenvalue weighted by Crippen LogP contribution is 2.20. The monoisotopic (exact) mass is 243 g/mol. The number of hydrogen-bond donors (Lipinski definition) is 1. The number of nitriles is 1. The first-order chi connectivity index (χ1) is 8.76. The fraction of sp³-hybridized carbons (Fsp3) is 0.231. The summed E-state index contributed by atoms with van der Waals surface area (Å²) < 4.78 is 7.10. The summed E-state index contributed by atoms with van der Waals surface area (Å²) in [6.07, 6.45) is 3.41. The van der Waals surface area contributed by atoms with Crippen molar-refractivity contribution in [2.75, 3.05) is 7.11 Å². The number of aliphatic hydroxyl groups is 1. The minimum atomic E-state index is -0.0810. The molecule has 0 atom stereocenters. The summed E-state index contributed by atoms with van der Waals surface area (Å²) in [5.41, 5.74) is 2.11. The number of imidazole rings is 1. The van der Waals surface area contributed by atoms with Crippen molar-refractivity contribution in [3.05, 3.63) is 47.5 Å². The molecule has 2 aromatic rings. The van der Waals surface area contributed by atoms with Gasteiger partial charge in [-0.1, -0.05) is 0 Å². The lowest BCUT2D eigenvalue weighted by atomic mass is 10.1. The fourth-order valence-electron chi connectivity index (χ4n) is 1.74. The molecule has 0 radical (unpaired) electrons. The summed E-state index contributed by atoms with van der Waals surface area (Å²) >= 11 is 0. The molecule has 5 heteroatoms. The Morgan fingerprint density at radius 3 is 2.94 bits per heavy atom. The van der Waals surface area contributed by atoms with Crippen LogP contribution in [0.4, 0.5) is 0 Å². The zero-order valence-electron chi connectivity index (χ0n) is 10.00. The molecule has 18 heavy (non-hydrogen) atoms. The molecule has 0 aliphatic heterocycles. The average molecular weight is 243 g/mol. The molecule has 0 saturated heterocycles. The maximum absolute atomic E-state index is 8.96. The van der Waals surface area contributed by atoms with Gasteiger partial charge in [-0.3, -0.25) is 0 Å². The molecular weight excluding hydrogens is 230 g/mol. The van der Waals surface area contributed by atoms with Crippen LogP contribution >= 0.6 is 0 Å². The second-order valence-corrected chi connectivity index (χ2v) is 3.83. The van der Waals surface area contributed by atoms with Gasteiger partial charge in [-0.05, 0) is 18.2 Å². The molecule has 0 aliphatic rings. The van der Waals surface area contributed by atoms with E-state index < -0.39 is 0 Å². The molecule has 0 bridgehead atoms. The number of rotatable bonds is 4. The van der Waals surface area contributed by atoms with Crippen molar-refractivity contribution in [1.82, 2.24) is 9.55 Å².